The van der Waals surface area contributed by atoms with E-state index in [1.807, 2.05) is 48.5 Å². The summed E-state index contributed by atoms with van der Waals surface area (Å²) >= 11 is 0. The summed E-state index contributed by atoms with van der Waals surface area (Å²) < 4.78 is 28.5. The number of piperazine rings is 1. The third-order valence-corrected chi connectivity index (χ3v) is 6.58. The van der Waals surface area contributed by atoms with Crippen LogP contribution >= 0.6 is 0 Å². The van der Waals surface area contributed by atoms with Crippen LogP contribution in [-0.4, -0.2) is 53.6 Å². The minimum Gasteiger partial charge on any atom is -0.287 e. The molecule has 4 rings (SSSR count). The Morgan fingerprint density at radius 2 is 1.62 bits per heavy atom. The molecule has 3 aromatic rings. The van der Waals surface area contributed by atoms with Gasteiger partial charge in [-0.1, -0.05) is 42.5 Å². The van der Waals surface area contributed by atoms with Crippen molar-refractivity contribution in [1.82, 2.24) is 19.0 Å². The fourth-order valence-electron chi connectivity index (χ4n) is 3.40. The average Bonchev–Trinajstić information content (AvgIpc) is 2.76. The van der Waals surface area contributed by atoms with Gasteiger partial charge in [-0.2, -0.15) is 9.40 Å². The molecule has 0 saturated carbocycles. The van der Waals surface area contributed by atoms with Gasteiger partial charge in [-0.05, 0) is 23.8 Å². The van der Waals surface area contributed by atoms with Crippen molar-refractivity contribution in [2.24, 2.45) is 0 Å². The first-order chi connectivity index (χ1) is 14.0. The highest BCUT2D eigenvalue weighted by Gasteiger charge is 2.25. The van der Waals surface area contributed by atoms with Crippen molar-refractivity contribution in [3.05, 3.63) is 82.0 Å². The Hall–Kier alpha value is -2.81. The SMILES string of the molecule is O=c1cnn(CN2CCN(S(=O)(=O)/C=C/c3ccccc3)CC2)c2ccccc12. The summed E-state index contributed by atoms with van der Waals surface area (Å²) in [4.78, 5) is 14.1. The Morgan fingerprint density at radius 1 is 0.931 bits per heavy atom. The molecule has 150 valence electrons. The minimum absolute atomic E-state index is 0.0991. The standard InChI is InChI=1S/C21H22N4O3S/c26-21-16-22-25(20-9-5-4-8-19(20)21)17-23-11-13-24(14-12-23)29(27,28)15-10-18-6-2-1-3-7-18/h1-10,15-16H,11-14,17H2/b15-10+. The van der Waals surface area contributed by atoms with Crippen molar-refractivity contribution in [2.75, 3.05) is 26.2 Å². The van der Waals surface area contributed by atoms with Crippen molar-refractivity contribution in [1.29, 1.82) is 0 Å². The van der Waals surface area contributed by atoms with Gasteiger partial charge < -0.3 is 0 Å². The van der Waals surface area contributed by atoms with Gasteiger partial charge in [0.05, 0.1) is 18.4 Å². The molecule has 0 atom stereocenters. The van der Waals surface area contributed by atoms with Gasteiger partial charge in [0.25, 0.3) is 0 Å². The zero-order chi connectivity index (χ0) is 20.3. The first-order valence-electron chi connectivity index (χ1n) is 9.43. The molecule has 7 nitrogen and oxygen atoms in total. The van der Waals surface area contributed by atoms with E-state index in [0.29, 0.717) is 38.2 Å². The second-order valence-corrected chi connectivity index (χ2v) is 8.76. The molecule has 2 aromatic carbocycles. The first kappa shape index (κ1) is 19.5. The third kappa shape index (κ3) is 4.45. The summed E-state index contributed by atoms with van der Waals surface area (Å²) in [6.07, 6.45) is 2.95. The maximum Gasteiger partial charge on any atom is 0.236 e. The average molecular weight is 410 g/mol. The number of hydrogen-bond donors (Lipinski definition) is 0. The third-order valence-electron chi connectivity index (χ3n) is 5.02. The lowest BCUT2D eigenvalue weighted by Crippen LogP contribution is -2.48. The molecule has 1 aliphatic heterocycles. The Labute approximate surface area is 169 Å². The number of aromatic nitrogens is 2. The highest BCUT2D eigenvalue weighted by molar-refractivity contribution is 7.92. The number of fused-ring (bicyclic) bond motifs is 1. The number of hydrogen-bond acceptors (Lipinski definition) is 5. The predicted octanol–water partition coefficient (Wildman–Crippen LogP) is 1.97. The number of rotatable bonds is 5. The maximum atomic E-state index is 12.6. The zero-order valence-corrected chi connectivity index (χ0v) is 16.7. The van der Waals surface area contributed by atoms with E-state index in [1.54, 1.807) is 16.8 Å². The molecule has 1 fully saturated rings. The summed E-state index contributed by atoms with van der Waals surface area (Å²) in [6, 6.07) is 16.8. The van der Waals surface area contributed by atoms with Crippen molar-refractivity contribution in [3.63, 3.8) is 0 Å². The van der Waals surface area contributed by atoms with Gasteiger partial charge in [-0.15, -0.1) is 0 Å². The fraction of sp³-hybridized carbons (Fsp3) is 0.238. The van der Waals surface area contributed by atoms with E-state index in [-0.39, 0.29) is 5.43 Å². The highest BCUT2D eigenvalue weighted by atomic mass is 32.2. The van der Waals surface area contributed by atoms with E-state index >= 15 is 0 Å². The van der Waals surface area contributed by atoms with E-state index in [4.69, 9.17) is 0 Å². The molecule has 2 heterocycles. The van der Waals surface area contributed by atoms with Gasteiger partial charge in [0, 0.05) is 37.0 Å². The minimum atomic E-state index is -3.46. The summed E-state index contributed by atoms with van der Waals surface area (Å²) in [5.41, 5.74) is 1.53. The molecule has 0 unspecified atom stereocenters. The second kappa shape index (κ2) is 8.28. The Kier molecular flexibility index (Phi) is 5.57. The lowest BCUT2D eigenvalue weighted by atomic mass is 10.2. The Morgan fingerprint density at radius 3 is 2.38 bits per heavy atom. The topological polar surface area (TPSA) is 75.5 Å². The van der Waals surface area contributed by atoms with Crippen LogP contribution in [0.25, 0.3) is 17.0 Å². The van der Waals surface area contributed by atoms with E-state index in [2.05, 4.69) is 10.00 Å². The summed E-state index contributed by atoms with van der Waals surface area (Å²) in [7, 11) is -3.46. The van der Waals surface area contributed by atoms with Gasteiger partial charge in [0.1, 0.15) is 0 Å². The van der Waals surface area contributed by atoms with E-state index < -0.39 is 10.0 Å². The Bertz CT molecular complexity index is 1180. The van der Waals surface area contributed by atoms with Crippen LogP contribution in [-0.2, 0) is 16.7 Å². The quantitative estimate of drug-likeness (QED) is 0.643. The van der Waals surface area contributed by atoms with Crippen molar-refractivity contribution < 1.29 is 8.42 Å². The molecule has 0 amide bonds. The monoisotopic (exact) mass is 410 g/mol. The first-order valence-corrected chi connectivity index (χ1v) is 10.9. The Balaban J connectivity index is 1.42. The largest absolute Gasteiger partial charge is 0.287 e. The molecular formula is C21H22N4O3S. The lowest BCUT2D eigenvalue weighted by Gasteiger charge is -2.33. The molecule has 1 aliphatic rings. The van der Waals surface area contributed by atoms with Gasteiger partial charge >= 0.3 is 0 Å². The van der Waals surface area contributed by atoms with Gasteiger partial charge in [-0.3, -0.25) is 14.4 Å². The molecule has 1 saturated heterocycles. The van der Waals surface area contributed by atoms with Crippen LogP contribution in [0.3, 0.4) is 0 Å². The molecule has 29 heavy (non-hydrogen) atoms. The molecule has 8 heteroatoms. The fourth-order valence-corrected chi connectivity index (χ4v) is 4.58. The molecule has 1 aromatic heterocycles. The number of nitrogens with zero attached hydrogens (tertiary/aromatic N) is 4. The van der Waals surface area contributed by atoms with E-state index in [0.717, 1.165) is 11.1 Å². The van der Waals surface area contributed by atoms with E-state index in [1.165, 1.54) is 15.9 Å². The van der Waals surface area contributed by atoms with E-state index in [9.17, 15) is 13.2 Å². The molecule has 0 bridgehead atoms. The summed E-state index contributed by atoms with van der Waals surface area (Å²) in [5.74, 6) is 0. The van der Waals surface area contributed by atoms with Gasteiger partial charge in [-0.25, -0.2) is 8.42 Å². The summed E-state index contributed by atoms with van der Waals surface area (Å²) in [5, 5.41) is 6.16. The van der Waals surface area contributed by atoms with Crippen LogP contribution in [0.1, 0.15) is 5.56 Å². The maximum absolute atomic E-state index is 12.6. The van der Waals surface area contributed by atoms with Crippen molar-refractivity contribution in [2.45, 2.75) is 6.67 Å². The second-order valence-electron chi connectivity index (χ2n) is 6.94. The number of para-hydroxylation sites is 1. The van der Waals surface area contributed by atoms with Gasteiger partial charge in [0.2, 0.25) is 15.5 Å². The van der Waals surface area contributed by atoms with Crippen LogP contribution in [0, 0.1) is 0 Å². The van der Waals surface area contributed by atoms with Crippen molar-refractivity contribution >= 4 is 27.0 Å². The summed E-state index contributed by atoms with van der Waals surface area (Å²) in [6.45, 7) is 2.54. The van der Waals surface area contributed by atoms with Crippen LogP contribution in [0.4, 0.5) is 0 Å². The zero-order valence-electron chi connectivity index (χ0n) is 15.9. The smallest absolute Gasteiger partial charge is 0.236 e. The highest BCUT2D eigenvalue weighted by Crippen LogP contribution is 2.14. The van der Waals surface area contributed by atoms with Crippen LogP contribution in [0.15, 0.2) is 71.0 Å². The number of benzene rings is 2. The normalized spacial score (nSPS) is 16.6. The van der Waals surface area contributed by atoms with Crippen LogP contribution < -0.4 is 5.43 Å². The van der Waals surface area contributed by atoms with Crippen LogP contribution in [0.5, 0.6) is 0 Å². The molecule has 0 N–H and O–H groups in total. The predicted molar refractivity (Wildman–Crippen MR) is 114 cm³/mol. The van der Waals surface area contributed by atoms with Gasteiger partial charge in [0.15, 0.2) is 0 Å². The molecule has 0 aliphatic carbocycles. The van der Waals surface area contributed by atoms with Crippen molar-refractivity contribution in [3.8, 4) is 0 Å². The molecule has 0 radical (unpaired) electrons. The molecular weight excluding hydrogens is 388 g/mol. The van der Waals surface area contributed by atoms with Crippen LogP contribution in [0.2, 0.25) is 0 Å². The molecule has 0 spiro atoms. The lowest BCUT2D eigenvalue weighted by molar-refractivity contribution is 0.148. The number of sulfonamides is 1.